The zero-order valence-electron chi connectivity index (χ0n) is 10.7. The molecule has 0 bridgehead atoms. The minimum absolute atomic E-state index is 0.158. The van der Waals surface area contributed by atoms with E-state index in [1.807, 2.05) is 0 Å². The zero-order chi connectivity index (χ0) is 14.5. The Labute approximate surface area is 123 Å². The molecule has 0 aliphatic rings. The molecular formula is C13H12BrFN2O3. The molecule has 0 spiro atoms. The highest BCUT2D eigenvalue weighted by Crippen LogP contribution is 2.19. The molecular weight excluding hydrogens is 331 g/mol. The van der Waals surface area contributed by atoms with Crippen LogP contribution in [0.1, 0.15) is 10.5 Å². The van der Waals surface area contributed by atoms with Gasteiger partial charge in [0, 0.05) is 13.3 Å². The number of benzene rings is 1. The number of nitrogens with zero attached hydrogens (tertiary/aromatic N) is 2. The van der Waals surface area contributed by atoms with E-state index in [0.717, 1.165) is 0 Å². The Morgan fingerprint density at radius 2 is 2.05 bits per heavy atom. The van der Waals surface area contributed by atoms with Crippen LogP contribution < -0.4 is 0 Å². The highest BCUT2D eigenvalue weighted by molar-refractivity contribution is 9.10. The van der Waals surface area contributed by atoms with Crippen molar-refractivity contribution < 1.29 is 18.7 Å². The second kappa shape index (κ2) is 6.62. The maximum absolute atomic E-state index is 12.9. The molecule has 0 radical (unpaired) electrons. The number of rotatable bonds is 5. The van der Waals surface area contributed by atoms with Gasteiger partial charge in [0.25, 0.3) is 0 Å². The van der Waals surface area contributed by atoms with E-state index in [1.165, 1.54) is 23.9 Å². The Bertz CT molecular complexity index is 598. The fraction of sp³-hybridized carbons (Fsp3) is 0.231. The Kier molecular flexibility index (Phi) is 4.86. The average molecular weight is 343 g/mol. The highest BCUT2D eigenvalue weighted by Gasteiger charge is 2.17. The SMILES string of the molecule is COCCOC(=O)c1nn(-c2ccc(F)cc2)cc1Br. The number of methoxy groups -OCH3 is 1. The third-order valence-electron chi connectivity index (χ3n) is 2.47. The molecule has 0 unspecified atom stereocenters. The van der Waals surface area contributed by atoms with Crippen molar-refractivity contribution in [1.29, 1.82) is 0 Å². The minimum Gasteiger partial charge on any atom is -0.458 e. The van der Waals surface area contributed by atoms with Gasteiger partial charge < -0.3 is 9.47 Å². The quantitative estimate of drug-likeness (QED) is 0.619. The van der Waals surface area contributed by atoms with E-state index < -0.39 is 5.97 Å². The fourth-order valence-electron chi connectivity index (χ4n) is 1.50. The topological polar surface area (TPSA) is 53.4 Å². The standard InChI is InChI=1S/C13H12BrFN2O3/c1-19-6-7-20-13(18)12-11(14)8-17(16-12)10-4-2-9(15)3-5-10/h2-5,8H,6-7H2,1H3. The van der Waals surface area contributed by atoms with Crippen molar-refractivity contribution in [1.82, 2.24) is 9.78 Å². The first-order valence-corrected chi connectivity index (χ1v) is 6.58. The van der Waals surface area contributed by atoms with E-state index in [2.05, 4.69) is 21.0 Å². The van der Waals surface area contributed by atoms with Crippen molar-refractivity contribution in [2.24, 2.45) is 0 Å². The molecule has 0 saturated heterocycles. The zero-order valence-corrected chi connectivity index (χ0v) is 12.3. The minimum atomic E-state index is -0.546. The number of hydrogen-bond donors (Lipinski definition) is 0. The van der Waals surface area contributed by atoms with Gasteiger partial charge in [-0.15, -0.1) is 0 Å². The Morgan fingerprint density at radius 1 is 1.35 bits per heavy atom. The van der Waals surface area contributed by atoms with Crippen LogP contribution in [0.4, 0.5) is 4.39 Å². The molecule has 5 nitrogen and oxygen atoms in total. The van der Waals surface area contributed by atoms with Crippen molar-refractivity contribution in [3.05, 3.63) is 46.4 Å². The van der Waals surface area contributed by atoms with Gasteiger partial charge in [-0.1, -0.05) is 0 Å². The number of carbonyl (C=O) groups is 1. The number of halogens is 2. The van der Waals surface area contributed by atoms with Gasteiger partial charge >= 0.3 is 5.97 Å². The van der Waals surface area contributed by atoms with Gasteiger partial charge in [0.1, 0.15) is 12.4 Å². The molecule has 1 heterocycles. The molecule has 0 aliphatic carbocycles. The van der Waals surface area contributed by atoms with Crippen molar-refractivity contribution in [3.8, 4) is 5.69 Å². The number of ether oxygens (including phenoxy) is 2. The first kappa shape index (κ1) is 14.7. The summed E-state index contributed by atoms with van der Waals surface area (Å²) < 4.78 is 24.6. The number of aromatic nitrogens is 2. The van der Waals surface area contributed by atoms with Crippen molar-refractivity contribution in [2.45, 2.75) is 0 Å². The average Bonchev–Trinajstić information content (AvgIpc) is 2.82. The monoisotopic (exact) mass is 342 g/mol. The molecule has 7 heteroatoms. The van der Waals surface area contributed by atoms with E-state index >= 15 is 0 Å². The summed E-state index contributed by atoms with van der Waals surface area (Å²) in [6.45, 7) is 0.479. The molecule has 20 heavy (non-hydrogen) atoms. The molecule has 0 saturated carbocycles. The molecule has 0 aliphatic heterocycles. The van der Waals surface area contributed by atoms with Crippen LogP contribution in [0.25, 0.3) is 5.69 Å². The van der Waals surface area contributed by atoms with Gasteiger partial charge in [0.15, 0.2) is 5.69 Å². The predicted molar refractivity (Wildman–Crippen MR) is 73.4 cm³/mol. The molecule has 1 aromatic heterocycles. The summed E-state index contributed by atoms with van der Waals surface area (Å²) in [5.41, 5.74) is 0.800. The maximum Gasteiger partial charge on any atom is 0.360 e. The molecule has 106 valence electrons. The number of esters is 1. The third-order valence-corrected chi connectivity index (χ3v) is 3.06. The van der Waals surface area contributed by atoms with Crippen LogP contribution in [0.5, 0.6) is 0 Å². The van der Waals surface area contributed by atoms with Gasteiger partial charge in [-0.05, 0) is 40.2 Å². The van der Waals surface area contributed by atoms with Crippen LogP contribution in [0.15, 0.2) is 34.9 Å². The van der Waals surface area contributed by atoms with Crippen LogP contribution in [0.3, 0.4) is 0 Å². The largest absolute Gasteiger partial charge is 0.458 e. The van der Waals surface area contributed by atoms with E-state index in [1.54, 1.807) is 18.3 Å². The number of carbonyl (C=O) groups excluding carboxylic acids is 1. The molecule has 1 aromatic carbocycles. The van der Waals surface area contributed by atoms with Crippen LogP contribution in [0, 0.1) is 5.82 Å². The van der Waals surface area contributed by atoms with Crippen LogP contribution in [-0.2, 0) is 9.47 Å². The second-order valence-electron chi connectivity index (χ2n) is 3.88. The van der Waals surface area contributed by atoms with E-state index in [-0.39, 0.29) is 18.1 Å². The lowest BCUT2D eigenvalue weighted by atomic mass is 10.3. The van der Waals surface area contributed by atoms with Crippen molar-refractivity contribution in [3.63, 3.8) is 0 Å². The predicted octanol–water partition coefficient (Wildman–Crippen LogP) is 2.58. The van der Waals surface area contributed by atoms with Gasteiger partial charge in [-0.25, -0.2) is 13.9 Å². The fourth-order valence-corrected chi connectivity index (χ4v) is 1.94. The summed E-state index contributed by atoms with van der Waals surface area (Å²) >= 11 is 3.25. The summed E-state index contributed by atoms with van der Waals surface area (Å²) in [4.78, 5) is 11.8. The van der Waals surface area contributed by atoms with Crippen molar-refractivity contribution >= 4 is 21.9 Å². The molecule has 0 N–H and O–H groups in total. The first-order valence-electron chi connectivity index (χ1n) is 5.79. The molecule has 2 aromatic rings. The van der Waals surface area contributed by atoms with E-state index in [9.17, 15) is 9.18 Å². The summed E-state index contributed by atoms with van der Waals surface area (Å²) in [6.07, 6.45) is 1.61. The van der Waals surface area contributed by atoms with Gasteiger partial charge in [-0.2, -0.15) is 5.10 Å². The van der Waals surface area contributed by atoms with Gasteiger partial charge in [0.2, 0.25) is 0 Å². The lowest BCUT2D eigenvalue weighted by Crippen LogP contribution is -2.11. The lowest BCUT2D eigenvalue weighted by molar-refractivity contribution is 0.0380. The molecule has 0 fully saturated rings. The van der Waals surface area contributed by atoms with Gasteiger partial charge in [-0.3, -0.25) is 0 Å². The summed E-state index contributed by atoms with van der Waals surface area (Å²) in [5, 5.41) is 4.12. The van der Waals surface area contributed by atoms with Crippen LogP contribution in [0.2, 0.25) is 0 Å². The normalized spacial score (nSPS) is 10.6. The third kappa shape index (κ3) is 3.43. The number of hydrogen-bond acceptors (Lipinski definition) is 4. The van der Waals surface area contributed by atoms with E-state index in [0.29, 0.717) is 16.8 Å². The smallest absolute Gasteiger partial charge is 0.360 e. The van der Waals surface area contributed by atoms with Crippen molar-refractivity contribution in [2.75, 3.05) is 20.3 Å². The summed E-state index contributed by atoms with van der Waals surface area (Å²) in [5.74, 6) is -0.881. The Hall–Kier alpha value is -1.73. The van der Waals surface area contributed by atoms with E-state index in [4.69, 9.17) is 9.47 Å². The van der Waals surface area contributed by atoms with Crippen LogP contribution in [-0.4, -0.2) is 36.1 Å². The maximum atomic E-state index is 12.9. The Morgan fingerprint density at radius 3 is 2.70 bits per heavy atom. The summed E-state index contributed by atoms with van der Waals surface area (Å²) in [6, 6.07) is 5.77. The highest BCUT2D eigenvalue weighted by atomic mass is 79.9. The molecule has 0 amide bonds. The summed E-state index contributed by atoms with van der Waals surface area (Å²) in [7, 11) is 1.52. The van der Waals surface area contributed by atoms with Crippen LogP contribution >= 0.6 is 15.9 Å². The first-order chi connectivity index (χ1) is 9.61. The molecule has 0 atom stereocenters. The molecule has 2 rings (SSSR count). The van der Waals surface area contributed by atoms with Gasteiger partial charge in [0.05, 0.1) is 16.8 Å². The Balaban J connectivity index is 2.16. The second-order valence-corrected chi connectivity index (χ2v) is 4.73. The lowest BCUT2D eigenvalue weighted by Gasteiger charge is -2.02.